The van der Waals surface area contributed by atoms with E-state index in [1.165, 1.54) is 32.1 Å². The number of hydrogen-bond acceptors (Lipinski definition) is 3. The molecule has 0 heterocycles. The summed E-state index contributed by atoms with van der Waals surface area (Å²) in [5.74, 6) is 0. The molecule has 86 valence electrons. The van der Waals surface area contributed by atoms with Crippen LogP contribution in [0.3, 0.4) is 0 Å². The largest absolute Gasteiger partial charge is 0.377 e. The average molecular weight is 210 g/mol. The summed E-state index contributed by atoms with van der Waals surface area (Å²) in [6.07, 6.45) is 7.76. The number of nitrogens with zero attached hydrogens (tertiary/aromatic N) is 1. The third kappa shape index (κ3) is 5.15. The van der Waals surface area contributed by atoms with Crippen molar-refractivity contribution in [3.8, 4) is 6.07 Å². The number of nitriles is 1. The zero-order valence-corrected chi connectivity index (χ0v) is 9.67. The van der Waals surface area contributed by atoms with Gasteiger partial charge in [0.1, 0.15) is 0 Å². The summed E-state index contributed by atoms with van der Waals surface area (Å²) in [6, 6.07) is 2.21. The summed E-state index contributed by atoms with van der Waals surface area (Å²) in [5, 5.41) is 11.9. The first-order chi connectivity index (χ1) is 7.36. The third-order valence-electron chi connectivity index (χ3n) is 2.96. The van der Waals surface area contributed by atoms with E-state index in [-0.39, 0.29) is 6.04 Å². The normalized spacial score (nSPS) is 19.7. The van der Waals surface area contributed by atoms with Crippen LogP contribution >= 0.6 is 0 Å². The highest BCUT2D eigenvalue weighted by Crippen LogP contribution is 2.19. The fourth-order valence-corrected chi connectivity index (χ4v) is 1.97. The lowest BCUT2D eigenvalue weighted by atomic mass is 9.98. The molecule has 1 saturated carbocycles. The van der Waals surface area contributed by atoms with E-state index < -0.39 is 0 Å². The van der Waals surface area contributed by atoms with Crippen molar-refractivity contribution in [3.63, 3.8) is 0 Å². The summed E-state index contributed by atoms with van der Waals surface area (Å²) in [5.41, 5.74) is 0. The van der Waals surface area contributed by atoms with Gasteiger partial charge in [0.15, 0.2) is 0 Å². The van der Waals surface area contributed by atoms with Gasteiger partial charge in [-0.3, -0.25) is 5.32 Å². The Labute approximate surface area is 92.8 Å². The summed E-state index contributed by atoms with van der Waals surface area (Å²) in [4.78, 5) is 0. The summed E-state index contributed by atoms with van der Waals surface area (Å²) in [6.45, 7) is 3.55. The maximum Gasteiger partial charge on any atom is 0.0951 e. The first kappa shape index (κ1) is 12.5. The maximum atomic E-state index is 8.72. The van der Waals surface area contributed by atoms with Crippen LogP contribution in [-0.2, 0) is 4.74 Å². The predicted octanol–water partition coefficient (Wildman–Crippen LogP) is 2.23. The van der Waals surface area contributed by atoms with Crippen LogP contribution in [0.1, 0.15) is 45.4 Å². The van der Waals surface area contributed by atoms with E-state index >= 15 is 0 Å². The van der Waals surface area contributed by atoms with Crippen molar-refractivity contribution >= 4 is 0 Å². The van der Waals surface area contributed by atoms with Gasteiger partial charge in [0, 0.05) is 6.54 Å². The Morgan fingerprint density at radius 3 is 2.73 bits per heavy atom. The van der Waals surface area contributed by atoms with Crippen LogP contribution < -0.4 is 5.32 Å². The standard InChI is InChI=1S/C12H22N2O/c1-2-11(10-13)14-8-9-15-12-6-4-3-5-7-12/h11-12,14H,2-9H2,1H3. The Balaban J connectivity index is 1.98. The van der Waals surface area contributed by atoms with E-state index in [4.69, 9.17) is 10.00 Å². The molecule has 0 radical (unpaired) electrons. The fourth-order valence-electron chi connectivity index (χ4n) is 1.97. The lowest BCUT2D eigenvalue weighted by molar-refractivity contribution is 0.0298. The quantitative estimate of drug-likeness (QED) is 0.684. The van der Waals surface area contributed by atoms with Gasteiger partial charge in [-0.25, -0.2) is 0 Å². The van der Waals surface area contributed by atoms with Gasteiger partial charge < -0.3 is 4.74 Å². The van der Waals surface area contributed by atoms with Crippen LogP contribution in [0.5, 0.6) is 0 Å². The third-order valence-corrected chi connectivity index (χ3v) is 2.96. The van der Waals surface area contributed by atoms with Gasteiger partial charge in [0.2, 0.25) is 0 Å². The molecular formula is C12H22N2O. The Morgan fingerprint density at radius 2 is 2.13 bits per heavy atom. The Kier molecular flexibility index (Phi) is 6.38. The van der Waals surface area contributed by atoms with Crippen LogP contribution in [0.25, 0.3) is 0 Å². The molecule has 1 atom stereocenters. The Morgan fingerprint density at radius 1 is 1.40 bits per heavy atom. The highest BCUT2D eigenvalue weighted by Gasteiger charge is 2.13. The highest BCUT2D eigenvalue weighted by molar-refractivity contribution is 4.88. The molecule has 1 aliphatic carbocycles. The monoisotopic (exact) mass is 210 g/mol. The lowest BCUT2D eigenvalue weighted by Gasteiger charge is -2.22. The molecule has 0 spiro atoms. The molecule has 15 heavy (non-hydrogen) atoms. The van der Waals surface area contributed by atoms with Gasteiger partial charge in [0.25, 0.3) is 0 Å². The number of hydrogen-bond donors (Lipinski definition) is 1. The Hall–Kier alpha value is -0.590. The van der Waals surface area contributed by atoms with Crippen molar-refractivity contribution in [1.29, 1.82) is 5.26 Å². The molecule has 3 heteroatoms. The summed E-state index contributed by atoms with van der Waals surface area (Å²) >= 11 is 0. The first-order valence-electron chi connectivity index (χ1n) is 6.11. The number of ether oxygens (including phenoxy) is 1. The first-order valence-corrected chi connectivity index (χ1v) is 6.11. The van der Waals surface area contributed by atoms with Crippen molar-refractivity contribution in [2.45, 2.75) is 57.6 Å². The van der Waals surface area contributed by atoms with Crippen LogP contribution in [0, 0.1) is 11.3 Å². The lowest BCUT2D eigenvalue weighted by Crippen LogP contribution is -2.31. The minimum atomic E-state index is -0.0139. The molecule has 0 aromatic heterocycles. The summed E-state index contributed by atoms with van der Waals surface area (Å²) in [7, 11) is 0. The SMILES string of the molecule is CCC(C#N)NCCOC1CCCCC1. The molecule has 0 aromatic carbocycles. The minimum absolute atomic E-state index is 0.0139. The maximum absolute atomic E-state index is 8.72. The predicted molar refractivity (Wildman–Crippen MR) is 60.5 cm³/mol. The van der Waals surface area contributed by atoms with Crippen molar-refractivity contribution in [1.82, 2.24) is 5.32 Å². The van der Waals surface area contributed by atoms with Crippen molar-refractivity contribution in [3.05, 3.63) is 0 Å². The molecule has 1 rings (SSSR count). The van der Waals surface area contributed by atoms with E-state index in [0.717, 1.165) is 19.6 Å². The molecule has 1 N–H and O–H groups in total. The second-order valence-electron chi connectivity index (χ2n) is 4.17. The highest BCUT2D eigenvalue weighted by atomic mass is 16.5. The number of nitrogens with one attached hydrogen (secondary N) is 1. The van der Waals surface area contributed by atoms with Crippen molar-refractivity contribution < 1.29 is 4.74 Å². The van der Waals surface area contributed by atoms with Crippen molar-refractivity contribution in [2.24, 2.45) is 0 Å². The number of rotatable bonds is 6. The van der Waals surface area contributed by atoms with E-state index in [0.29, 0.717) is 6.10 Å². The van der Waals surface area contributed by atoms with Crippen LogP contribution in [0.15, 0.2) is 0 Å². The van der Waals surface area contributed by atoms with Crippen LogP contribution in [0.2, 0.25) is 0 Å². The molecule has 1 fully saturated rings. The van der Waals surface area contributed by atoms with Gasteiger partial charge in [-0.2, -0.15) is 5.26 Å². The van der Waals surface area contributed by atoms with Gasteiger partial charge in [-0.15, -0.1) is 0 Å². The zero-order valence-electron chi connectivity index (χ0n) is 9.67. The molecular weight excluding hydrogens is 188 g/mol. The molecule has 0 saturated heterocycles. The molecule has 3 nitrogen and oxygen atoms in total. The van der Waals surface area contributed by atoms with E-state index in [1.807, 2.05) is 6.92 Å². The van der Waals surface area contributed by atoms with E-state index in [1.54, 1.807) is 0 Å². The van der Waals surface area contributed by atoms with E-state index in [9.17, 15) is 0 Å². The Bertz CT molecular complexity index is 194. The smallest absolute Gasteiger partial charge is 0.0951 e. The van der Waals surface area contributed by atoms with Gasteiger partial charge >= 0.3 is 0 Å². The van der Waals surface area contributed by atoms with Gasteiger partial charge in [-0.05, 0) is 19.3 Å². The van der Waals surface area contributed by atoms with Crippen LogP contribution in [-0.4, -0.2) is 25.3 Å². The zero-order chi connectivity index (χ0) is 10.9. The van der Waals surface area contributed by atoms with Gasteiger partial charge in [0.05, 0.1) is 24.8 Å². The molecule has 1 aliphatic rings. The molecule has 0 aromatic rings. The molecule has 0 amide bonds. The molecule has 0 bridgehead atoms. The van der Waals surface area contributed by atoms with E-state index in [2.05, 4.69) is 11.4 Å². The van der Waals surface area contributed by atoms with Gasteiger partial charge in [-0.1, -0.05) is 26.2 Å². The second-order valence-corrected chi connectivity index (χ2v) is 4.17. The summed E-state index contributed by atoms with van der Waals surface area (Å²) < 4.78 is 5.75. The topological polar surface area (TPSA) is 45.0 Å². The minimum Gasteiger partial charge on any atom is -0.377 e. The van der Waals surface area contributed by atoms with Crippen molar-refractivity contribution in [2.75, 3.05) is 13.2 Å². The second kappa shape index (κ2) is 7.67. The fraction of sp³-hybridized carbons (Fsp3) is 0.917. The van der Waals surface area contributed by atoms with Crippen LogP contribution in [0.4, 0.5) is 0 Å². The average Bonchev–Trinajstić information content (AvgIpc) is 2.31. The molecule has 0 aliphatic heterocycles. The molecule has 1 unspecified atom stereocenters.